The number of allylic oxidation sites excluding steroid dienone is 1. The zero-order valence-corrected chi connectivity index (χ0v) is 10.5. The van der Waals surface area contributed by atoms with Gasteiger partial charge >= 0.3 is 5.97 Å². The van der Waals surface area contributed by atoms with Crippen LogP contribution in [0.5, 0.6) is 0 Å². The highest BCUT2D eigenvalue weighted by Crippen LogP contribution is 1.97. The number of carboxylic acids is 1. The van der Waals surface area contributed by atoms with E-state index in [4.69, 9.17) is 5.11 Å². The summed E-state index contributed by atoms with van der Waals surface area (Å²) in [5, 5.41) is 11.4. The van der Waals surface area contributed by atoms with Crippen LogP contribution in [0.25, 0.3) is 0 Å². The number of aromatic nitrogens is 2. The van der Waals surface area contributed by atoms with Gasteiger partial charge in [-0.2, -0.15) is 0 Å². The monoisotopic (exact) mass is 251 g/mol. The Kier molecular flexibility index (Phi) is 5.10. The molecule has 1 amide bonds. The molecule has 0 radical (unpaired) electrons. The van der Waals surface area contributed by atoms with Crippen LogP contribution < -0.4 is 5.32 Å². The van der Waals surface area contributed by atoms with E-state index in [0.717, 1.165) is 6.42 Å². The minimum absolute atomic E-state index is 0.00314. The molecular weight excluding hydrogens is 234 g/mol. The largest absolute Gasteiger partial charge is 0.476 e. The second kappa shape index (κ2) is 6.58. The Morgan fingerprint density at radius 3 is 2.83 bits per heavy atom. The number of hydrogen-bond donors (Lipinski definition) is 2. The van der Waals surface area contributed by atoms with E-state index in [-0.39, 0.29) is 11.6 Å². The van der Waals surface area contributed by atoms with Gasteiger partial charge in [-0.15, -0.1) is 0 Å². The number of carbonyl (C=O) groups is 2. The first-order chi connectivity index (χ1) is 8.54. The molecule has 0 saturated heterocycles. The van der Waals surface area contributed by atoms with Gasteiger partial charge in [0.2, 0.25) is 5.91 Å². The van der Waals surface area contributed by atoms with Crippen molar-refractivity contribution >= 4 is 11.9 Å². The third-order valence-corrected chi connectivity index (χ3v) is 2.38. The van der Waals surface area contributed by atoms with Gasteiger partial charge in [-0.25, -0.2) is 9.78 Å². The highest BCUT2D eigenvalue weighted by molar-refractivity contribution is 5.92. The Hall–Kier alpha value is -2.11. The fourth-order valence-electron chi connectivity index (χ4n) is 1.43. The number of amides is 1. The van der Waals surface area contributed by atoms with E-state index in [2.05, 4.69) is 10.3 Å². The number of aromatic carboxylic acids is 1. The zero-order chi connectivity index (χ0) is 13.5. The van der Waals surface area contributed by atoms with Crippen LogP contribution >= 0.6 is 0 Å². The van der Waals surface area contributed by atoms with Gasteiger partial charge in [0.15, 0.2) is 5.69 Å². The van der Waals surface area contributed by atoms with Crippen molar-refractivity contribution in [3.63, 3.8) is 0 Å². The summed E-state index contributed by atoms with van der Waals surface area (Å²) < 4.78 is 1.63. The lowest BCUT2D eigenvalue weighted by atomic mass is 10.2. The van der Waals surface area contributed by atoms with E-state index < -0.39 is 5.97 Å². The fraction of sp³-hybridized carbons (Fsp3) is 0.417. The minimum atomic E-state index is -1.06. The molecule has 1 aromatic rings. The molecule has 0 unspecified atom stereocenters. The van der Waals surface area contributed by atoms with Crippen LogP contribution in [0.3, 0.4) is 0 Å². The quantitative estimate of drug-likeness (QED) is 0.740. The maximum absolute atomic E-state index is 11.5. The predicted molar refractivity (Wildman–Crippen MR) is 66.2 cm³/mol. The average molecular weight is 251 g/mol. The second-order valence-electron chi connectivity index (χ2n) is 3.85. The van der Waals surface area contributed by atoms with Gasteiger partial charge in [-0.3, -0.25) is 4.79 Å². The molecule has 0 bridgehead atoms. The van der Waals surface area contributed by atoms with Crippen molar-refractivity contribution in [2.24, 2.45) is 0 Å². The summed E-state index contributed by atoms with van der Waals surface area (Å²) in [6.45, 7) is 4.66. The van der Waals surface area contributed by atoms with E-state index in [0.29, 0.717) is 18.7 Å². The van der Waals surface area contributed by atoms with Crippen LogP contribution in [0.1, 0.15) is 30.8 Å². The number of nitrogens with one attached hydrogen (secondary N) is 1. The van der Waals surface area contributed by atoms with Gasteiger partial charge < -0.3 is 15.0 Å². The van der Waals surface area contributed by atoms with Crippen molar-refractivity contribution in [1.29, 1.82) is 0 Å². The zero-order valence-electron chi connectivity index (χ0n) is 10.5. The van der Waals surface area contributed by atoms with Crippen molar-refractivity contribution in [1.82, 2.24) is 14.9 Å². The van der Waals surface area contributed by atoms with E-state index in [1.54, 1.807) is 11.5 Å². The average Bonchev–Trinajstić information content (AvgIpc) is 2.78. The number of carboxylic acid groups (broad SMARTS) is 1. The Balaban J connectivity index is 2.39. The smallest absolute Gasteiger partial charge is 0.356 e. The molecule has 1 heterocycles. The van der Waals surface area contributed by atoms with Gasteiger partial charge in [0, 0.05) is 24.9 Å². The summed E-state index contributed by atoms with van der Waals surface area (Å²) in [6, 6.07) is 0. The molecule has 1 rings (SSSR count). The molecule has 0 fully saturated rings. The summed E-state index contributed by atoms with van der Waals surface area (Å²) >= 11 is 0. The van der Waals surface area contributed by atoms with Crippen molar-refractivity contribution in [2.75, 3.05) is 6.54 Å². The Labute approximate surface area is 105 Å². The molecule has 2 N–H and O–H groups in total. The molecule has 0 atom stereocenters. The summed E-state index contributed by atoms with van der Waals surface area (Å²) in [5.41, 5.74) is 0.692. The van der Waals surface area contributed by atoms with Gasteiger partial charge in [-0.1, -0.05) is 13.0 Å². The highest BCUT2D eigenvalue weighted by atomic mass is 16.4. The lowest BCUT2D eigenvalue weighted by Gasteiger charge is -2.05. The highest BCUT2D eigenvalue weighted by Gasteiger charge is 2.06. The SMILES string of the molecule is CC/C=C(/C)C(=O)NCCn1cnc(C(=O)O)c1. The first-order valence-corrected chi connectivity index (χ1v) is 5.74. The molecule has 0 saturated carbocycles. The first-order valence-electron chi connectivity index (χ1n) is 5.74. The van der Waals surface area contributed by atoms with Gasteiger partial charge in [-0.05, 0) is 13.3 Å². The van der Waals surface area contributed by atoms with E-state index in [1.807, 2.05) is 13.0 Å². The Morgan fingerprint density at radius 1 is 1.56 bits per heavy atom. The van der Waals surface area contributed by atoms with Crippen molar-refractivity contribution < 1.29 is 14.7 Å². The predicted octanol–water partition coefficient (Wildman–Crippen LogP) is 1.05. The standard InChI is InChI=1S/C12H17N3O3/c1-3-4-9(2)11(16)13-5-6-15-7-10(12(17)18)14-8-15/h4,7-8H,3,5-6H2,1-2H3,(H,13,16)(H,17,18)/b9-4-. The fourth-order valence-corrected chi connectivity index (χ4v) is 1.43. The molecule has 18 heavy (non-hydrogen) atoms. The Bertz CT molecular complexity index is 463. The second-order valence-corrected chi connectivity index (χ2v) is 3.85. The number of hydrogen-bond acceptors (Lipinski definition) is 3. The number of nitrogens with zero attached hydrogens (tertiary/aromatic N) is 2. The minimum Gasteiger partial charge on any atom is -0.476 e. The molecule has 6 nitrogen and oxygen atoms in total. The summed E-state index contributed by atoms with van der Waals surface area (Å²) in [6.07, 6.45) is 5.55. The van der Waals surface area contributed by atoms with Crippen LogP contribution in [0, 0.1) is 0 Å². The molecule has 6 heteroatoms. The molecule has 1 aromatic heterocycles. The summed E-state index contributed by atoms with van der Waals surface area (Å²) in [4.78, 5) is 25.9. The third-order valence-electron chi connectivity index (χ3n) is 2.38. The summed E-state index contributed by atoms with van der Waals surface area (Å²) in [5.74, 6) is -1.16. The van der Waals surface area contributed by atoms with Crippen LogP contribution in [-0.2, 0) is 11.3 Å². The number of carbonyl (C=O) groups excluding carboxylic acids is 1. The van der Waals surface area contributed by atoms with E-state index in [1.165, 1.54) is 12.5 Å². The third kappa shape index (κ3) is 4.04. The van der Waals surface area contributed by atoms with E-state index in [9.17, 15) is 9.59 Å². The van der Waals surface area contributed by atoms with Crippen LogP contribution in [0.2, 0.25) is 0 Å². The molecule has 98 valence electrons. The summed E-state index contributed by atoms with van der Waals surface area (Å²) in [7, 11) is 0. The van der Waals surface area contributed by atoms with Crippen LogP contribution in [0.4, 0.5) is 0 Å². The number of imidazole rings is 1. The van der Waals surface area contributed by atoms with Crippen LogP contribution in [0.15, 0.2) is 24.2 Å². The topological polar surface area (TPSA) is 84.2 Å². The maximum atomic E-state index is 11.5. The maximum Gasteiger partial charge on any atom is 0.356 e. The van der Waals surface area contributed by atoms with Gasteiger partial charge in [0.1, 0.15) is 0 Å². The molecule has 0 aliphatic heterocycles. The normalized spacial score (nSPS) is 11.3. The van der Waals surface area contributed by atoms with Crippen molar-refractivity contribution in [3.8, 4) is 0 Å². The van der Waals surface area contributed by atoms with E-state index >= 15 is 0 Å². The van der Waals surface area contributed by atoms with Crippen LogP contribution in [-0.4, -0.2) is 33.1 Å². The molecular formula is C12H17N3O3. The molecule has 0 aliphatic rings. The first kappa shape index (κ1) is 14.0. The molecule has 0 aliphatic carbocycles. The lowest BCUT2D eigenvalue weighted by Crippen LogP contribution is -2.27. The van der Waals surface area contributed by atoms with Crippen molar-refractivity contribution in [3.05, 3.63) is 29.9 Å². The number of rotatable bonds is 6. The molecule has 0 aromatic carbocycles. The van der Waals surface area contributed by atoms with Gasteiger partial charge in [0.25, 0.3) is 0 Å². The Morgan fingerprint density at radius 2 is 2.28 bits per heavy atom. The molecule has 0 spiro atoms. The van der Waals surface area contributed by atoms with Gasteiger partial charge in [0.05, 0.1) is 6.33 Å². The van der Waals surface area contributed by atoms with Crippen molar-refractivity contribution in [2.45, 2.75) is 26.8 Å². The lowest BCUT2D eigenvalue weighted by molar-refractivity contribution is -0.117.